The molecular weight excluding hydrogens is 402 g/mol. The molecule has 4 rings (SSSR count). The lowest BCUT2D eigenvalue weighted by molar-refractivity contribution is -0.136. The second-order valence-electron chi connectivity index (χ2n) is 7.47. The lowest BCUT2D eigenvalue weighted by Gasteiger charge is -2.18. The van der Waals surface area contributed by atoms with Crippen LogP contribution >= 0.6 is 0 Å². The maximum Gasteiger partial charge on any atom is 0.340 e. The minimum Gasteiger partial charge on any atom is -0.465 e. The van der Waals surface area contributed by atoms with Crippen molar-refractivity contribution in [3.63, 3.8) is 0 Å². The molecule has 160 valence electrons. The Bertz CT molecular complexity index is 1220. The van der Waals surface area contributed by atoms with Crippen molar-refractivity contribution in [1.82, 2.24) is 0 Å². The molecular formula is C27H23NO4. The molecule has 1 amide bonds. The maximum absolute atomic E-state index is 13.4. The number of anilines is 1. The summed E-state index contributed by atoms with van der Waals surface area (Å²) >= 11 is 0. The van der Waals surface area contributed by atoms with Crippen LogP contribution in [-0.4, -0.2) is 19.0 Å². The normalized spacial score (nSPS) is 14.8. The molecule has 1 heterocycles. The zero-order valence-corrected chi connectivity index (χ0v) is 18.2. The molecule has 0 saturated heterocycles. The van der Waals surface area contributed by atoms with Crippen molar-refractivity contribution in [3.8, 4) is 11.5 Å². The first-order valence-corrected chi connectivity index (χ1v) is 10.2. The second kappa shape index (κ2) is 8.94. The molecule has 0 bridgehead atoms. The van der Waals surface area contributed by atoms with Gasteiger partial charge in [-0.3, -0.25) is 9.69 Å². The van der Waals surface area contributed by atoms with Crippen LogP contribution in [0.5, 0.6) is 11.5 Å². The number of amides is 1. The number of ether oxygens (including phenoxy) is 2. The van der Waals surface area contributed by atoms with E-state index in [1.165, 1.54) is 7.11 Å². The summed E-state index contributed by atoms with van der Waals surface area (Å²) in [5.74, 6) is 0.520. The van der Waals surface area contributed by atoms with Gasteiger partial charge in [0.25, 0.3) is 5.91 Å². The third-order valence-corrected chi connectivity index (χ3v) is 5.23. The Morgan fingerprint density at radius 1 is 0.875 bits per heavy atom. The average Bonchev–Trinajstić information content (AvgIpc) is 3.04. The van der Waals surface area contributed by atoms with Crippen LogP contribution in [0.2, 0.25) is 0 Å². The lowest BCUT2D eigenvalue weighted by Crippen LogP contribution is -2.24. The zero-order valence-electron chi connectivity index (χ0n) is 18.2. The maximum atomic E-state index is 13.4. The molecule has 3 aromatic carbocycles. The Kier molecular flexibility index (Phi) is 5.90. The van der Waals surface area contributed by atoms with Crippen LogP contribution in [-0.2, 0) is 14.3 Å². The highest BCUT2D eigenvalue weighted by Gasteiger charge is 2.37. The van der Waals surface area contributed by atoms with E-state index < -0.39 is 5.97 Å². The molecule has 3 aromatic rings. The SMILES string of the molecule is COC(=O)C1=C(C)N(c2ccc(C)cc2)C(=O)/C1=C\c1cccc(Oc2ccccc2)c1. The Morgan fingerprint density at radius 2 is 1.56 bits per heavy atom. The van der Waals surface area contributed by atoms with E-state index in [0.29, 0.717) is 22.9 Å². The van der Waals surface area contributed by atoms with E-state index >= 15 is 0 Å². The number of hydrogen-bond donors (Lipinski definition) is 0. The topological polar surface area (TPSA) is 55.8 Å². The number of para-hydroxylation sites is 1. The summed E-state index contributed by atoms with van der Waals surface area (Å²) in [4.78, 5) is 27.5. The summed E-state index contributed by atoms with van der Waals surface area (Å²) in [5.41, 5.74) is 3.60. The Morgan fingerprint density at radius 3 is 2.25 bits per heavy atom. The molecule has 0 unspecified atom stereocenters. The quantitative estimate of drug-likeness (QED) is 0.391. The van der Waals surface area contributed by atoms with Gasteiger partial charge in [-0.1, -0.05) is 48.0 Å². The largest absolute Gasteiger partial charge is 0.465 e. The van der Waals surface area contributed by atoms with E-state index in [1.807, 2.05) is 85.8 Å². The van der Waals surface area contributed by atoms with Crippen LogP contribution in [0.15, 0.2) is 95.7 Å². The predicted molar refractivity (Wildman–Crippen MR) is 124 cm³/mol. The lowest BCUT2D eigenvalue weighted by atomic mass is 10.0. The third-order valence-electron chi connectivity index (χ3n) is 5.23. The van der Waals surface area contributed by atoms with E-state index in [4.69, 9.17) is 9.47 Å². The molecule has 0 saturated carbocycles. The number of aryl methyl sites for hydroxylation is 1. The van der Waals surface area contributed by atoms with Gasteiger partial charge in [-0.2, -0.15) is 0 Å². The molecule has 32 heavy (non-hydrogen) atoms. The summed E-state index contributed by atoms with van der Waals surface area (Å²) in [7, 11) is 1.31. The van der Waals surface area contributed by atoms with Gasteiger partial charge in [0.1, 0.15) is 11.5 Å². The van der Waals surface area contributed by atoms with Gasteiger partial charge in [0, 0.05) is 11.4 Å². The fraction of sp³-hybridized carbons (Fsp3) is 0.111. The summed E-state index contributed by atoms with van der Waals surface area (Å²) < 4.78 is 10.9. The number of methoxy groups -OCH3 is 1. The van der Waals surface area contributed by atoms with Gasteiger partial charge < -0.3 is 9.47 Å². The van der Waals surface area contributed by atoms with Crippen molar-refractivity contribution in [3.05, 3.63) is 107 Å². The Balaban J connectivity index is 1.73. The molecule has 5 heteroatoms. The van der Waals surface area contributed by atoms with Gasteiger partial charge in [0.2, 0.25) is 0 Å². The zero-order chi connectivity index (χ0) is 22.7. The molecule has 0 spiro atoms. The van der Waals surface area contributed by atoms with Crippen molar-refractivity contribution < 1.29 is 19.1 Å². The van der Waals surface area contributed by atoms with Gasteiger partial charge in [-0.15, -0.1) is 0 Å². The highest BCUT2D eigenvalue weighted by atomic mass is 16.5. The number of allylic oxidation sites excluding steroid dienone is 1. The number of esters is 1. The molecule has 5 nitrogen and oxygen atoms in total. The average molecular weight is 425 g/mol. The third kappa shape index (κ3) is 4.18. The molecule has 1 aliphatic heterocycles. The molecule has 0 N–H and O–H groups in total. The summed E-state index contributed by atoms with van der Waals surface area (Å²) in [6.07, 6.45) is 1.70. The Hall–Kier alpha value is -4.12. The van der Waals surface area contributed by atoms with E-state index in [9.17, 15) is 9.59 Å². The fourth-order valence-electron chi connectivity index (χ4n) is 3.64. The Labute approximate surface area is 187 Å². The monoisotopic (exact) mass is 425 g/mol. The van der Waals surface area contributed by atoms with Crippen molar-refractivity contribution in [2.75, 3.05) is 12.0 Å². The van der Waals surface area contributed by atoms with E-state index in [1.54, 1.807) is 17.9 Å². The molecule has 0 radical (unpaired) electrons. The number of hydrogen-bond acceptors (Lipinski definition) is 4. The summed E-state index contributed by atoms with van der Waals surface area (Å²) in [5, 5.41) is 0. The highest BCUT2D eigenvalue weighted by molar-refractivity contribution is 6.23. The van der Waals surface area contributed by atoms with Crippen molar-refractivity contribution in [2.45, 2.75) is 13.8 Å². The van der Waals surface area contributed by atoms with Crippen LogP contribution in [0.1, 0.15) is 18.1 Å². The number of carbonyl (C=O) groups is 2. The molecule has 0 aromatic heterocycles. The van der Waals surface area contributed by atoms with E-state index in [0.717, 1.165) is 11.1 Å². The van der Waals surface area contributed by atoms with Crippen LogP contribution < -0.4 is 9.64 Å². The number of benzene rings is 3. The van der Waals surface area contributed by atoms with Crippen LogP contribution in [0.25, 0.3) is 6.08 Å². The van der Waals surface area contributed by atoms with Crippen LogP contribution in [0.3, 0.4) is 0 Å². The second-order valence-corrected chi connectivity index (χ2v) is 7.47. The minimum atomic E-state index is -0.548. The van der Waals surface area contributed by atoms with E-state index in [-0.39, 0.29) is 17.1 Å². The molecule has 0 aliphatic carbocycles. The summed E-state index contributed by atoms with van der Waals surface area (Å²) in [6, 6.07) is 24.4. The fourth-order valence-corrected chi connectivity index (χ4v) is 3.64. The van der Waals surface area contributed by atoms with Gasteiger partial charge in [-0.05, 0) is 61.9 Å². The van der Waals surface area contributed by atoms with Crippen molar-refractivity contribution in [2.24, 2.45) is 0 Å². The first kappa shape index (κ1) is 21.1. The standard InChI is InChI=1S/C27H23NO4/c1-18-12-14-21(15-13-18)28-19(2)25(27(30)31-3)24(26(28)29)17-20-8-7-11-23(16-20)32-22-9-5-4-6-10-22/h4-17H,1-3H3/b24-17-. The molecule has 1 aliphatic rings. The highest BCUT2D eigenvalue weighted by Crippen LogP contribution is 2.36. The van der Waals surface area contributed by atoms with Gasteiger partial charge >= 0.3 is 5.97 Å². The van der Waals surface area contributed by atoms with Gasteiger partial charge in [0.05, 0.1) is 18.3 Å². The van der Waals surface area contributed by atoms with Crippen LogP contribution in [0.4, 0.5) is 5.69 Å². The minimum absolute atomic E-state index is 0.257. The first-order valence-electron chi connectivity index (χ1n) is 10.2. The molecule has 0 fully saturated rings. The van der Waals surface area contributed by atoms with Crippen molar-refractivity contribution in [1.29, 1.82) is 0 Å². The predicted octanol–water partition coefficient (Wildman–Crippen LogP) is 5.66. The van der Waals surface area contributed by atoms with E-state index in [2.05, 4.69) is 0 Å². The first-order chi connectivity index (χ1) is 15.5. The number of nitrogens with zero attached hydrogens (tertiary/aromatic N) is 1. The van der Waals surface area contributed by atoms with Gasteiger partial charge in [-0.25, -0.2) is 4.79 Å². The van der Waals surface area contributed by atoms with Gasteiger partial charge in [0.15, 0.2) is 0 Å². The summed E-state index contributed by atoms with van der Waals surface area (Å²) in [6.45, 7) is 3.73. The van der Waals surface area contributed by atoms with Crippen LogP contribution in [0, 0.1) is 6.92 Å². The smallest absolute Gasteiger partial charge is 0.340 e. The number of carbonyl (C=O) groups excluding carboxylic acids is 2. The number of rotatable bonds is 5. The van der Waals surface area contributed by atoms with Crippen molar-refractivity contribution >= 4 is 23.6 Å². The molecule has 0 atom stereocenters.